The van der Waals surface area contributed by atoms with Gasteiger partial charge in [0.25, 0.3) is 5.91 Å². The van der Waals surface area contributed by atoms with Crippen molar-refractivity contribution in [3.8, 4) is 5.75 Å². The highest BCUT2D eigenvalue weighted by molar-refractivity contribution is 6.42. The van der Waals surface area contributed by atoms with Crippen LogP contribution in [0.3, 0.4) is 0 Å². The molecule has 5 nitrogen and oxygen atoms in total. The maximum absolute atomic E-state index is 13.3. The van der Waals surface area contributed by atoms with Gasteiger partial charge in [-0.05, 0) is 54.8 Å². The molecular weight excluding hydrogens is 473 g/mol. The third-order valence-corrected chi connectivity index (χ3v) is 6.79. The average molecular weight is 498 g/mol. The van der Waals surface area contributed by atoms with Gasteiger partial charge in [0.2, 0.25) is 0 Å². The van der Waals surface area contributed by atoms with Crippen LogP contribution in [0.5, 0.6) is 5.75 Å². The van der Waals surface area contributed by atoms with Crippen LogP contribution >= 0.6 is 23.2 Å². The average Bonchev–Trinajstić information content (AvgIpc) is 3.12. The zero-order chi connectivity index (χ0) is 24.5. The number of carboxylic acid groups (broad SMARTS) is 1. The van der Waals surface area contributed by atoms with Crippen LogP contribution in [0.2, 0.25) is 10.0 Å². The van der Waals surface area contributed by atoms with E-state index >= 15 is 0 Å². The highest BCUT2D eigenvalue weighted by Gasteiger charge is 2.36. The number of hydrogen-bond acceptors (Lipinski definition) is 3. The summed E-state index contributed by atoms with van der Waals surface area (Å²) in [7, 11) is 0. The van der Waals surface area contributed by atoms with Gasteiger partial charge < -0.3 is 14.7 Å². The van der Waals surface area contributed by atoms with Crippen molar-refractivity contribution >= 4 is 35.1 Å². The smallest absolute Gasteiger partial charge is 0.323 e. The number of ether oxygens (including phenoxy) is 1. The van der Waals surface area contributed by atoms with E-state index in [1.165, 1.54) is 4.90 Å². The van der Waals surface area contributed by atoms with Crippen LogP contribution in [0.25, 0.3) is 0 Å². The van der Waals surface area contributed by atoms with Crippen LogP contribution in [0.15, 0.2) is 60.7 Å². The third kappa shape index (κ3) is 5.37. The summed E-state index contributed by atoms with van der Waals surface area (Å²) in [6.07, 6.45) is 1.14. The number of carbonyl (C=O) groups excluding carboxylic acids is 1. The van der Waals surface area contributed by atoms with E-state index in [0.717, 1.165) is 22.3 Å². The lowest BCUT2D eigenvalue weighted by Crippen LogP contribution is -2.35. The van der Waals surface area contributed by atoms with E-state index < -0.39 is 11.6 Å². The number of amides is 1. The molecule has 0 bridgehead atoms. The van der Waals surface area contributed by atoms with Gasteiger partial charge in [0, 0.05) is 24.9 Å². The topological polar surface area (TPSA) is 66.8 Å². The Labute approximate surface area is 208 Å². The number of nitrogens with zero attached hydrogens (tertiary/aromatic N) is 1. The van der Waals surface area contributed by atoms with Gasteiger partial charge in [0.05, 0.1) is 10.0 Å². The molecule has 7 heteroatoms. The SMILES string of the molecule is Cc1ccc(CN(CC(=O)O)C(=O)c2ccc3c(c2)C[C@](C)(Cc2cccc(Cl)c2Cl)O3)cc1. The minimum Gasteiger partial charge on any atom is -0.487 e. The molecule has 0 unspecified atom stereocenters. The molecule has 0 aromatic heterocycles. The lowest BCUT2D eigenvalue weighted by Gasteiger charge is -2.24. The number of carbonyl (C=O) groups is 2. The van der Waals surface area contributed by atoms with E-state index in [9.17, 15) is 14.7 Å². The molecule has 1 N–H and O–H groups in total. The molecule has 1 amide bonds. The van der Waals surface area contributed by atoms with Crippen LogP contribution in [0.4, 0.5) is 0 Å². The molecule has 0 aliphatic carbocycles. The second-order valence-corrected chi connectivity index (χ2v) is 9.77. The van der Waals surface area contributed by atoms with Crippen molar-refractivity contribution in [1.82, 2.24) is 4.90 Å². The van der Waals surface area contributed by atoms with Gasteiger partial charge in [0.1, 0.15) is 17.9 Å². The maximum atomic E-state index is 13.3. The quantitative estimate of drug-likeness (QED) is 0.436. The van der Waals surface area contributed by atoms with Gasteiger partial charge in [-0.2, -0.15) is 0 Å². The first kappa shape index (κ1) is 24.1. The molecular formula is C27H25Cl2NO4. The lowest BCUT2D eigenvalue weighted by atomic mass is 9.91. The largest absolute Gasteiger partial charge is 0.487 e. The Morgan fingerprint density at radius 1 is 1.09 bits per heavy atom. The van der Waals surface area contributed by atoms with Gasteiger partial charge in [-0.25, -0.2) is 0 Å². The summed E-state index contributed by atoms with van der Waals surface area (Å²) in [6.45, 7) is 3.81. The van der Waals surface area contributed by atoms with Crippen LogP contribution < -0.4 is 4.74 Å². The van der Waals surface area contributed by atoms with Crippen LogP contribution in [-0.2, 0) is 24.2 Å². The number of fused-ring (bicyclic) bond motifs is 1. The molecule has 0 radical (unpaired) electrons. The molecule has 0 spiro atoms. The number of aliphatic carboxylic acids is 1. The Morgan fingerprint density at radius 2 is 1.82 bits per heavy atom. The molecule has 0 saturated heterocycles. The molecule has 34 heavy (non-hydrogen) atoms. The molecule has 1 aliphatic heterocycles. The van der Waals surface area contributed by atoms with Gasteiger partial charge in [-0.15, -0.1) is 0 Å². The van der Waals surface area contributed by atoms with Crippen molar-refractivity contribution < 1.29 is 19.4 Å². The second kappa shape index (κ2) is 9.69. The molecule has 1 atom stereocenters. The Kier molecular flexibility index (Phi) is 6.87. The third-order valence-electron chi connectivity index (χ3n) is 5.93. The molecule has 176 valence electrons. The fourth-order valence-electron chi connectivity index (χ4n) is 4.30. The zero-order valence-corrected chi connectivity index (χ0v) is 20.5. The summed E-state index contributed by atoms with van der Waals surface area (Å²) < 4.78 is 6.24. The minimum atomic E-state index is -1.06. The fraction of sp³-hybridized carbons (Fsp3) is 0.259. The molecule has 4 rings (SSSR count). The van der Waals surface area contributed by atoms with E-state index in [2.05, 4.69) is 0 Å². The molecule has 3 aromatic rings. The molecule has 1 aliphatic rings. The van der Waals surface area contributed by atoms with E-state index in [0.29, 0.717) is 34.2 Å². The summed E-state index contributed by atoms with van der Waals surface area (Å²) in [5.74, 6) is -0.686. The van der Waals surface area contributed by atoms with Crippen molar-refractivity contribution in [2.45, 2.75) is 38.8 Å². The van der Waals surface area contributed by atoms with Gasteiger partial charge in [-0.1, -0.05) is 65.2 Å². The first-order valence-corrected chi connectivity index (χ1v) is 11.7. The second-order valence-electron chi connectivity index (χ2n) is 8.98. The Morgan fingerprint density at radius 3 is 2.53 bits per heavy atom. The summed E-state index contributed by atoms with van der Waals surface area (Å²) in [4.78, 5) is 26.1. The van der Waals surface area contributed by atoms with Crippen molar-refractivity contribution in [2.75, 3.05) is 6.54 Å². The Hall–Kier alpha value is -3.02. The van der Waals surface area contributed by atoms with Crippen molar-refractivity contribution in [3.05, 3.63) is 98.5 Å². The first-order valence-electron chi connectivity index (χ1n) is 10.9. The van der Waals surface area contributed by atoms with Gasteiger partial charge in [0.15, 0.2) is 0 Å². The standard InChI is InChI=1S/C27H25Cl2NO4/c1-17-6-8-18(9-7-17)15-30(16-24(31)32)26(33)19-10-11-23-21(12-19)14-27(2,34-23)13-20-4-3-5-22(28)25(20)29/h3-12H,13-16H2,1-2H3,(H,31,32)/t27-/m0/s1. The number of halogens is 2. The Balaban J connectivity index is 1.54. The molecule has 3 aromatic carbocycles. The van der Waals surface area contributed by atoms with E-state index in [1.807, 2.05) is 50.2 Å². The zero-order valence-electron chi connectivity index (χ0n) is 19.0. The van der Waals surface area contributed by atoms with Crippen LogP contribution in [-0.4, -0.2) is 34.0 Å². The van der Waals surface area contributed by atoms with Crippen molar-refractivity contribution in [1.29, 1.82) is 0 Å². The molecule has 0 fully saturated rings. The van der Waals surface area contributed by atoms with Crippen molar-refractivity contribution in [3.63, 3.8) is 0 Å². The summed E-state index contributed by atoms with van der Waals surface area (Å²) >= 11 is 12.5. The monoisotopic (exact) mass is 497 g/mol. The number of carboxylic acids is 1. The maximum Gasteiger partial charge on any atom is 0.323 e. The number of rotatable bonds is 7. The lowest BCUT2D eigenvalue weighted by molar-refractivity contribution is -0.137. The van der Waals surface area contributed by atoms with Gasteiger partial charge in [-0.3, -0.25) is 9.59 Å². The van der Waals surface area contributed by atoms with E-state index in [4.69, 9.17) is 27.9 Å². The predicted molar refractivity (Wildman–Crippen MR) is 133 cm³/mol. The number of hydrogen-bond donors (Lipinski definition) is 1. The fourth-order valence-corrected chi connectivity index (χ4v) is 4.69. The summed E-state index contributed by atoms with van der Waals surface area (Å²) in [5.41, 5.74) is 3.65. The Bertz CT molecular complexity index is 1240. The number of aryl methyl sites for hydroxylation is 1. The van der Waals surface area contributed by atoms with Gasteiger partial charge >= 0.3 is 5.97 Å². The van der Waals surface area contributed by atoms with Crippen LogP contribution in [0.1, 0.15) is 39.5 Å². The molecule has 0 saturated carbocycles. The number of benzene rings is 3. The summed E-state index contributed by atoms with van der Waals surface area (Å²) in [5, 5.41) is 10.4. The molecule has 1 heterocycles. The highest BCUT2D eigenvalue weighted by atomic mass is 35.5. The predicted octanol–water partition coefficient (Wildman–Crippen LogP) is 5.97. The normalized spacial score (nSPS) is 16.6. The van der Waals surface area contributed by atoms with Crippen molar-refractivity contribution in [2.24, 2.45) is 0 Å². The van der Waals surface area contributed by atoms with E-state index in [-0.39, 0.29) is 19.0 Å². The first-order chi connectivity index (χ1) is 16.1. The highest BCUT2D eigenvalue weighted by Crippen LogP contribution is 2.39. The van der Waals surface area contributed by atoms with E-state index in [1.54, 1.807) is 24.3 Å². The minimum absolute atomic E-state index is 0.212. The van der Waals surface area contributed by atoms with Crippen LogP contribution in [0, 0.1) is 6.92 Å². The summed E-state index contributed by atoms with van der Waals surface area (Å²) in [6, 6.07) is 18.5.